The number of piperidine rings is 1. The van der Waals surface area contributed by atoms with Gasteiger partial charge in [0.1, 0.15) is 18.2 Å². The number of ether oxygens (including phenoxy) is 3. The fourth-order valence-electron chi connectivity index (χ4n) is 9.11. The lowest BCUT2D eigenvalue weighted by Crippen LogP contribution is -2.56. The third-order valence-electron chi connectivity index (χ3n) is 12.5. The molecule has 3 atom stereocenters. The standard InChI is InChI=1S/C44H47N7O6/c1-48-36-13-14-45-26-35(36)32-8-5-27(21-38(32)48)28-6-12-40(46-25-28)56-31-23-30(24-31)55-20-4-2-3-15-49-16-18-50(19-17-49)29-7-9-33-34(22-29)43(54)51(44-41(33)57-44)37-10-11-39(52)47-42(37)53/h5-9,12-14,21-22,25-26,30-31,37,41,44H,2-4,10-11,15-20,23-24H2,1H3,(H,47,52,53). The average Bonchev–Trinajstić information content (AvgIpc) is 3.97. The van der Waals surface area contributed by atoms with Crippen LogP contribution in [0.15, 0.2) is 73.2 Å². The molecule has 3 unspecified atom stereocenters. The summed E-state index contributed by atoms with van der Waals surface area (Å²) < 4.78 is 20.4. The van der Waals surface area contributed by atoms with E-state index < -0.39 is 18.2 Å². The lowest BCUT2D eigenvalue weighted by molar-refractivity contribution is -0.137. The number of fused-ring (bicyclic) bond motifs is 6. The van der Waals surface area contributed by atoms with Crippen LogP contribution in [0.1, 0.15) is 67.0 Å². The molecule has 1 aliphatic carbocycles. The predicted octanol–water partition coefficient (Wildman–Crippen LogP) is 5.37. The minimum absolute atomic E-state index is 0.140. The first kappa shape index (κ1) is 36.0. The van der Waals surface area contributed by atoms with Crippen molar-refractivity contribution in [2.24, 2.45) is 7.05 Å². The Kier molecular flexibility index (Phi) is 9.38. The van der Waals surface area contributed by atoms with Crippen LogP contribution >= 0.6 is 0 Å². The molecule has 294 valence electrons. The number of piperazine rings is 1. The number of amides is 3. The van der Waals surface area contributed by atoms with Crippen molar-refractivity contribution in [2.45, 2.75) is 75.5 Å². The van der Waals surface area contributed by atoms with E-state index in [-0.39, 0.29) is 36.5 Å². The van der Waals surface area contributed by atoms with Crippen molar-refractivity contribution < 1.29 is 28.6 Å². The highest BCUT2D eigenvalue weighted by Crippen LogP contribution is 2.49. The predicted molar refractivity (Wildman–Crippen MR) is 214 cm³/mol. The van der Waals surface area contributed by atoms with Gasteiger partial charge < -0.3 is 23.7 Å². The van der Waals surface area contributed by atoms with Crippen molar-refractivity contribution in [1.82, 2.24) is 29.7 Å². The molecule has 5 aliphatic rings. The Balaban J connectivity index is 0.621. The van der Waals surface area contributed by atoms with Gasteiger partial charge in [-0.3, -0.25) is 34.5 Å². The van der Waals surface area contributed by atoms with Crippen LogP contribution in [0.2, 0.25) is 0 Å². The third-order valence-corrected chi connectivity index (χ3v) is 12.5. The lowest BCUT2D eigenvalue weighted by Gasteiger charge is -2.37. The van der Waals surface area contributed by atoms with Gasteiger partial charge in [-0.1, -0.05) is 18.2 Å². The first-order valence-electron chi connectivity index (χ1n) is 20.4. The molecule has 1 N–H and O–H groups in total. The number of anilines is 1. The zero-order valence-electron chi connectivity index (χ0n) is 32.1. The smallest absolute Gasteiger partial charge is 0.257 e. The van der Waals surface area contributed by atoms with E-state index >= 15 is 0 Å². The molecule has 13 nitrogen and oxygen atoms in total. The van der Waals surface area contributed by atoms with Gasteiger partial charge >= 0.3 is 0 Å². The summed E-state index contributed by atoms with van der Waals surface area (Å²) in [5.41, 5.74) is 7.02. The Hall–Kier alpha value is -5.37. The van der Waals surface area contributed by atoms with Crippen molar-refractivity contribution in [3.8, 4) is 17.0 Å². The van der Waals surface area contributed by atoms with Gasteiger partial charge in [-0.15, -0.1) is 0 Å². The van der Waals surface area contributed by atoms with Gasteiger partial charge in [0.05, 0.1) is 11.6 Å². The number of nitrogens with one attached hydrogen (secondary N) is 1. The van der Waals surface area contributed by atoms with E-state index in [9.17, 15) is 14.4 Å². The van der Waals surface area contributed by atoms with Crippen LogP contribution in [-0.4, -0.2) is 106 Å². The highest BCUT2D eigenvalue weighted by Gasteiger charge is 2.56. The number of aromatic nitrogens is 3. The van der Waals surface area contributed by atoms with Crippen molar-refractivity contribution >= 4 is 45.2 Å². The SMILES string of the molecule is Cn1c2ccncc2c2ccc(-c3ccc(OC4CC(OCCCCCN5CCN(c6ccc7c(c6)C(=O)N(C6CCC(=O)NC6=O)C6OC76)CC5)C4)nc3)cc21. The first-order valence-corrected chi connectivity index (χ1v) is 20.4. The van der Waals surface area contributed by atoms with Gasteiger partial charge in [0, 0.05) is 117 Å². The quantitative estimate of drug-likeness (QED) is 0.100. The number of imide groups is 1. The van der Waals surface area contributed by atoms with Gasteiger partial charge in [0.25, 0.3) is 5.91 Å². The largest absolute Gasteiger partial charge is 0.474 e. The minimum Gasteiger partial charge on any atom is -0.474 e. The number of epoxide rings is 1. The van der Waals surface area contributed by atoms with E-state index in [1.807, 2.05) is 36.8 Å². The van der Waals surface area contributed by atoms with Crippen LogP contribution in [0.25, 0.3) is 32.9 Å². The molecule has 3 aromatic heterocycles. The first-order chi connectivity index (χ1) is 27.9. The van der Waals surface area contributed by atoms with E-state index in [4.69, 9.17) is 14.2 Å². The number of aryl methyl sites for hydroxylation is 1. The molecule has 13 heteroatoms. The van der Waals surface area contributed by atoms with Gasteiger partial charge in [-0.25, -0.2) is 4.98 Å². The van der Waals surface area contributed by atoms with Crippen molar-refractivity contribution in [3.63, 3.8) is 0 Å². The number of hydrogen-bond donors (Lipinski definition) is 1. The van der Waals surface area contributed by atoms with E-state index in [2.05, 4.69) is 73.1 Å². The van der Waals surface area contributed by atoms with Gasteiger partial charge in [-0.2, -0.15) is 0 Å². The molecule has 3 saturated heterocycles. The van der Waals surface area contributed by atoms with Crippen molar-refractivity contribution in [3.05, 3.63) is 84.3 Å². The molecule has 0 bridgehead atoms. The summed E-state index contributed by atoms with van der Waals surface area (Å²) in [5.74, 6) is -0.256. The van der Waals surface area contributed by atoms with Crippen LogP contribution in [0.4, 0.5) is 5.69 Å². The molecule has 0 radical (unpaired) electrons. The molecule has 2 aromatic carbocycles. The van der Waals surface area contributed by atoms with Crippen molar-refractivity contribution in [1.29, 1.82) is 0 Å². The lowest BCUT2D eigenvalue weighted by atomic mass is 9.92. The van der Waals surface area contributed by atoms with E-state index in [1.54, 1.807) is 4.90 Å². The summed E-state index contributed by atoms with van der Waals surface area (Å²) in [6.45, 7) is 5.56. The summed E-state index contributed by atoms with van der Waals surface area (Å²) in [6, 6.07) is 18.0. The maximum atomic E-state index is 13.6. The zero-order chi connectivity index (χ0) is 38.6. The number of unbranched alkanes of at least 4 members (excludes halogenated alkanes) is 2. The Morgan fingerprint density at radius 2 is 1.72 bits per heavy atom. The second kappa shape index (κ2) is 14.9. The fraction of sp³-hybridized carbons (Fsp3) is 0.432. The normalized spacial score (nSPS) is 24.6. The monoisotopic (exact) mass is 769 g/mol. The second-order valence-electron chi connectivity index (χ2n) is 16.1. The number of carbonyl (C=O) groups excluding carboxylic acids is 3. The van der Waals surface area contributed by atoms with Crippen LogP contribution in [-0.2, 0) is 26.1 Å². The summed E-state index contributed by atoms with van der Waals surface area (Å²) in [6.07, 6.45) is 11.1. The number of benzene rings is 2. The molecular weight excluding hydrogens is 723 g/mol. The van der Waals surface area contributed by atoms with E-state index in [0.717, 1.165) is 99.2 Å². The number of carbonyl (C=O) groups is 3. The van der Waals surface area contributed by atoms with Crippen LogP contribution in [0, 0.1) is 0 Å². The molecule has 7 heterocycles. The third kappa shape index (κ3) is 6.91. The Bertz CT molecular complexity index is 2350. The molecule has 1 saturated carbocycles. The molecule has 0 spiro atoms. The zero-order valence-corrected chi connectivity index (χ0v) is 32.1. The summed E-state index contributed by atoms with van der Waals surface area (Å²) in [4.78, 5) is 53.2. The van der Waals surface area contributed by atoms with Crippen LogP contribution in [0.3, 0.4) is 0 Å². The fourth-order valence-corrected chi connectivity index (χ4v) is 9.11. The van der Waals surface area contributed by atoms with Gasteiger partial charge in [0.15, 0.2) is 6.23 Å². The van der Waals surface area contributed by atoms with Gasteiger partial charge in [-0.05, 0) is 73.7 Å². The maximum Gasteiger partial charge on any atom is 0.257 e. The number of rotatable bonds is 12. The number of hydrogen-bond acceptors (Lipinski definition) is 10. The van der Waals surface area contributed by atoms with E-state index in [1.165, 1.54) is 16.4 Å². The number of nitrogens with zero attached hydrogens (tertiary/aromatic N) is 6. The highest BCUT2D eigenvalue weighted by atomic mass is 16.6. The highest BCUT2D eigenvalue weighted by molar-refractivity contribution is 6.08. The topological polar surface area (TPSA) is 135 Å². The van der Waals surface area contributed by atoms with Gasteiger partial charge in [0.2, 0.25) is 17.7 Å². The molecule has 4 fully saturated rings. The molecule has 4 aliphatic heterocycles. The van der Waals surface area contributed by atoms with Crippen molar-refractivity contribution in [2.75, 3.05) is 44.2 Å². The molecule has 3 amide bonds. The number of pyridine rings is 2. The summed E-state index contributed by atoms with van der Waals surface area (Å²) >= 11 is 0. The minimum atomic E-state index is -0.681. The Morgan fingerprint density at radius 3 is 2.54 bits per heavy atom. The average molecular weight is 770 g/mol. The molecule has 57 heavy (non-hydrogen) atoms. The Labute approximate surface area is 330 Å². The maximum absolute atomic E-state index is 13.6. The second-order valence-corrected chi connectivity index (χ2v) is 16.1. The molecule has 10 rings (SSSR count). The molecule has 5 aromatic rings. The summed E-state index contributed by atoms with van der Waals surface area (Å²) in [5, 5.41) is 4.74. The van der Waals surface area contributed by atoms with Crippen LogP contribution in [0.5, 0.6) is 5.88 Å². The van der Waals surface area contributed by atoms with E-state index in [0.29, 0.717) is 17.9 Å². The Morgan fingerprint density at radius 1 is 0.860 bits per heavy atom. The molecular formula is C44H47N7O6. The summed E-state index contributed by atoms with van der Waals surface area (Å²) in [7, 11) is 2.09. The van der Waals surface area contributed by atoms with Crippen LogP contribution < -0.4 is 15.0 Å².